The van der Waals surface area contributed by atoms with Crippen LogP contribution >= 0.6 is 25.3 Å². The van der Waals surface area contributed by atoms with Gasteiger partial charge in [0.2, 0.25) is 5.41 Å². The van der Waals surface area contributed by atoms with Crippen LogP contribution in [0.2, 0.25) is 0 Å². The SMILES string of the molecule is O=[N+]([O-])c1c(Cc2ccccc2)ccc(C(c2ccc(Cc3ccccc3)c([N+](=O)[O-])c2S)(C(F)(F)F)C(F)(F)F)c1S. The topological polar surface area (TPSA) is 86.3 Å². The minimum atomic E-state index is -6.20. The number of nitro groups is 2. The first-order valence-corrected chi connectivity index (χ1v) is 13.2. The number of halogens is 6. The Balaban J connectivity index is 2.06. The van der Waals surface area contributed by atoms with Crippen molar-refractivity contribution < 1.29 is 36.2 Å². The van der Waals surface area contributed by atoms with E-state index in [4.69, 9.17) is 0 Å². The van der Waals surface area contributed by atoms with Crippen LogP contribution < -0.4 is 0 Å². The second kappa shape index (κ2) is 11.9. The van der Waals surface area contributed by atoms with Crippen LogP contribution in [0.1, 0.15) is 33.4 Å². The first-order chi connectivity index (χ1) is 20.1. The van der Waals surface area contributed by atoms with Gasteiger partial charge in [-0.1, -0.05) is 84.9 Å². The fraction of sp³-hybridized carbons (Fsp3) is 0.172. The quantitative estimate of drug-likeness (QED) is 0.0876. The van der Waals surface area contributed by atoms with E-state index >= 15 is 26.3 Å². The highest BCUT2D eigenvalue weighted by Crippen LogP contribution is 2.60. The summed E-state index contributed by atoms with van der Waals surface area (Å²) in [5, 5.41) is 24.1. The van der Waals surface area contributed by atoms with E-state index in [0.717, 1.165) is 12.1 Å². The maximum Gasteiger partial charge on any atom is 0.411 e. The second-order valence-corrected chi connectivity index (χ2v) is 10.4. The van der Waals surface area contributed by atoms with Gasteiger partial charge in [0.15, 0.2) is 0 Å². The lowest BCUT2D eigenvalue weighted by Crippen LogP contribution is -2.55. The molecule has 0 spiro atoms. The summed E-state index contributed by atoms with van der Waals surface area (Å²) in [4.78, 5) is 19.6. The molecule has 0 aliphatic rings. The first kappa shape index (κ1) is 31.9. The molecule has 43 heavy (non-hydrogen) atoms. The molecule has 0 aromatic heterocycles. The van der Waals surface area contributed by atoms with Crippen LogP contribution in [-0.4, -0.2) is 22.2 Å². The Morgan fingerprint density at radius 2 is 0.884 bits per heavy atom. The van der Waals surface area contributed by atoms with E-state index in [9.17, 15) is 20.2 Å². The molecule has 0 atom stereocenters. The van der Waals surface area contributed by atoms with Crippen LogP contribution in [0.3, 0.4) is 0 Å². The molecule has 0 saturated heterocycles. The summed E-state index contributed by atoms with van der Waals surface area (Å²) in [6.45, 7) is 0. The van der Waals surface area contributed by atoms with Crippen molar-refractivity contribution in [3.05, 3.63) is 139 Å². The van der Waals surface area contributed by atoms with Crippen molar-refractivity contribution in [2.45, 2.75) is 40.4 Å². The molecule has 0 N–H and O–H groups in total. The number of nitro benzene ring substituents is 2. The lowest BCUT2D eigenvalue weighted by molar-refractivity contribution is -0.389. The molecule has 4 aromatic rings. The fourth-order valence-corrected chi connectivity index (χ4v) is 6.02. The Morgan fingerprint density at radius 3 is 1.16 bits per heavy atom. The van der Waals surface area contributed by atoms with Crippen LogP contribution in [0.15, 0.2) is 94.7 Å². The van der Waals surface area contributed by atoms with Gasteiger partial charge in [0.05, 0.1) is 19.6 Å². The van der Waals surface area contributed by atoms with E-state index in [1.165, 1.54) is 0 Å². The van der Waals surface area contributed by atoms with Gasteiger partial charge in [0, 0.05) is 35.1 Å². The predicted molar refractivity (Wildman–Crippen MR) is 152 cm³/mol. The highest BCUT2D eigenvalue weighted by Gasteiger charge is 2.74. The molecular weight excluding hydrogens is 618 g/mol. The zero-order chi connectivity index (χ0) is 31.7. The average Bonchev–Trinajstić information content (AvgIpc) is 2.90. The molecule has 0 amide bonds. The largest absolute Gasteiger partial charge is 0.411 e. The molecule has 0 fully saturated rings. The highest BCUT2D eigenvalue weighted by atomic mass is 32.1. The van der Waals surface area contributed by atoms with Gasteiger partial charge in [-0.3, -0.25) is 20.2 Å². The fourth-order valence-electron chi connectivity index (χ4n) is 5.09. The van der Waals surface area contributed by atoms with Crippen LogP contribution in [0.4, 0.5) is 37.7 Å². The van der Waals surface area contributed by atoms with Gasteiger partial charge >= 0.3 is 12.4 Å². The maximum absolute atomic E-state index is 15.0. The van der Waals surface area contributed by atoms with Crippen molar-refractivity contribution in [1.82, 2.24) is 0 Å². The van der Waals surface area contributed by atoms with E-state index in [-0.39, 0.29) is 24.0 Å². The molecule has 0 unspecified atom stereocenters. The smallest absolute Gasteiger partial charge is 0.258 e. The van der Waals surface area contributed by atoms with Crippen molar-refractivity contribution >= 4 is 36.6 Å². The third-order valence-electron chi connectivity index (χ3n) is 6.97. The van der Waals surface area contributed by atoms with E-state index in [0.29, 0.717) is 23.3 Å². The Labute approximate surface area is 251 Å². The van der Waals surface area contributed by atoms with Gasteiger partial charge in [0.1, 0.15) is 0 Å². The van der Waals surface area contributed by atoms with Crippen LogP contribution in [0.5, 0.6) is 0 Å². The van der Waals surface area contributed by atoms with E-state index in [1.54, 1.807) is 60.7 Å². The molecule has 0 aliphatic heterocycles. The van der Waals surface area contributed by atoms with Gasteiger partial charge in [-0.2, -0.15) is 26.3 Å². The average molecular weight is 639 g/mol. The number of thiol groups is 2. The van der Waals surface area contributed by atoms with Crippen LogP contribution in [-0.2, 0) is 18.3 Å². The van der Waals surface area contributed by atoms with Crippen molar-refractivity contribution in [3.63, 3.8) is 0 Å². The molecule has 0 heterocycles. The third-order valence-corrected chi connectivity index (χ3v) is 7.87. The number of alkyl halides is 6. The molecule has 4 aromatic carbocycles. The third kappa shape index (κ3) is 5.80. The Morgan fingerprint density at radius 1 is 0.558 bits per heavy atom. The molecule has 14 heteroatoms. The molecule has 0 radical (unpaired) electrons. The number of nitrogens with zero attached hydrogens (tertiary/aromatic N) is 2. The summed E-state index contributed by atoms with van der Waals surface area (Å²) < 4.78 is 90.2. The highest BCUT2D eigenvalue weighted by molar-refractivity contribution is 7.80. The lowest BCUT2D eigenvalue weighted by Gasteiger charge is -2.39. The summed E-state index contributed by atoms with van der Waals surface area (Å²) in [7, 11) is 0. The summed E-state index contributed by atoms with van der Waals surface area (Å²) in [5.74, 6) is 0. The van der Waals surface area contributed by atoms with Crippen molar-refractivity contribution in [2.75, 3.05) is 0 Å². The standard InChI is InChI=1S/C29H20F6N2O4S2/c30-28(31,32)27(29(33,34)35,21-13-11-19(23(25(21)42)36(38)39)15-17-7-3-1-4-8-17)22-14-12-20(24(26(22)43)37(40)41)16-18-9-5-2-6-10-18/h1-14,42-43H,15-16H2. The van der Waals surface area contributed by atoms with E-state index in [2.05, 4.69) is 25.3 Å². The zero-order valence-electron chi connectivity index (χ0n) is 21.7. The molecule has 4 rings (SSSR count). The normalized spacial score (nSPS) is 12.3. The van der Waals surface area contributed by atoms with Gasteiger partial charge in [-0.05, 0) is 11.1 Å². The van der Waals surface area contributed by atoms with E-state index in [1.807, 2.05) is 0 Å². The maximum atomic E-state index is 15.0. The summed E-state index contributed by atoms with van der Waals surface area (Å²) in [6, 6.07) is 18.6. The molecule has 0 saturated carbocycles. The number of benzene rings is 4. The van der Waals surface area contributed by atoms with Crippen molar-refractivity contribution in [2.24, 2.45) is 0 Å². The lowest BCUT2D eigenvalue weighted by atomic mass is 9.71. The second-order valence-electron chi connectivity index (χ2n) is 9.52. The molecule has 0 bridgehead atoms. The van der Waals surface area contributed by atoms with Gasteiger partial charge in [0.25, 0.3) is 11.4 Å². The Hall–Kier alpha value is -4.04. The summed E-state index contributed by atoms with van der Waals surface area (Å²) in [5.41, 5.74) is -9.66. The van der Waals surface area contributed by atoms with Gasteiger partial charge in [-0.25, -0.2) is 0 Å². The molecular formula is C29H20F6N2O4S2. The predicted octanol–water partition coefficient (Wildman–Crippen LogP) is 8.67. The molecule has 6 nitrogen and oxygen atoms in total. The minimum Gasteiger partial charge on any atom is -0.258 e. The van der Waals surface area contributed by atoms with Crippen LogP contribution in [0.25, 0.3) is 0 Å². The molecule has 224 valence electrons. The molecule has 0 aliphatic carbocycles. The number of rotatable bonds is 8. The number of hydrogen-bond donors (Lipinski definition) is 2. The van der Waals surface area contributed by atoms with Crippen molar-refractivity contribution in [3.8, 4) is 0 Å². The zero-order valence-corrected chi connectivity index (χ0v) is 23.5. The van der Waals surface area contributed by atoms with E-state index < -0.39 is 59.9 Å². The van der Waals surface area contributed by atoms with Gasteiger partial charge < -0.3 is 0 Å². The summed E-state index contributed by atoms with van der Waals surface area (Å²) >= 11 is 7.76. The Bertz CT molecular complexity index is 1560. The van der Waals surface area contributed by atoms with Gasteiger partial charge in [-0.15, -0.1) is 25.3 Å². The Kier molecular flexibility index (Phi) is 8.84. The van der Waals surface area contributed by atoms with Crippen LogP contribution in [0, 0.1) is 20.2 Å². The number of hydrogen-bond acceptors (Lipinski definition) is 6. The monoisotopic (exact) mass is 638 g/mol. The van der Waals surface area contributed by atoms with Crippen molar-refractivity contribution in [1.29, 1.82) is 0 Å². The summed E-state index contributed by atoms with van der Waals surface area (Å²) in [6.07, 6.45) is -12.8. The first-order valence-electron chi connectivity index (χ1n) is 12.3. The minimum absolute atomic E-state index is 0.182.